The molecule has 5 aliphatic rings. The van der Waals surface area contributed by atoms with Gasteiger partial charge in [0, 0.05) is 39.0 Å². The van der Waals surface area contributed by atoms with Gasteiger partial charge in [0.1, 0.15) is 35.6 Å². The van der Waals surface area contributed by atoms with Gasteiger partial charge < -0.3 is 41.7 Å². The molecule has 0 spiro atoms. The summed E-state index contributed by atoms with van der Waals surface area (Å²) in [5.74, 6) is -2.06. The fourth-order valence-electron chi connectivity index (χ4n) is 11.2. The highest BCUT2D eigenvalue weighted by molar-refractivity contribution is 5.95. The molecule has 6 amide bonds. The molecule has 2 saturated heterocycles. The van der Waals surface area contributed by atoms with Gasteiger partial charge in [0.25, 0.3) is 0 Å². The second kappa shape index (κ2) is 21.8. The minimum atomic E-state index is -1.13. The molecule has 4 aromatic rings. The maximum Gasteiger partial charge on any atom is 0.246 e. The molecular weight excluding hydrogens is 905 g/mol. The number of carbonyl (C=O) groups excluding carboxylic acids is 6. The Bertz CT molecular complexity index is 2450. The fourth-order valence-corrected chi connectivity index (χ4v) is 11.2. The van der Waals surface area contributed by atoms with Crippen LogP contribution in [0, 0.1) is 0 Å². The number of fused-ring (bicyclic) bond motifs is 5. The lowest BCUT2D eigenvalue weighted by molar-refractivity contribution is -0.141. The zero-order chi connectivity index (χ0) is 49.8. The molecule has 378 valence electrons. The van der Waals surface area contributed by atoms with E-state index in [9.17, 15) is 28.8 Å². The van der Waals surface area contributed by atoms with Crippen LogP contribution in [0.25, 0.3) is 11.4 Å². The zero-order valence-electron chi connectivity index (χ0n) is 41.3. The number of likely N-dealkylation sites (tertiary alicyclic amines) is 2. The first kappa shape index (κ1) is 49.4. The highest BCUT2D eigenvalue weighted by Gasteiger charge is 2.43. The molecule has 5 heterocycles. The van der Waals surface area contributed by atoms with Crippen molar-refractivity contribution in [3.8, 4) is 11.4 Å². The zero-order valence-corrected chi connectivity index (χ0v) is 41.3. The van der Waals surface area contributed by atoms with Crippen LogP contribution in [-0.2, 0) is 67.5 Å². The summed E-state index contributed by atoms with van der Waals surface area (Å²) in [6.07, 6.45) is 8.09. The summed E-state index contributed by atoms with van der Waals surface area (Å²) in [6, 6.07) is 11.0. The second-order valence-electron chi connectivity index (χ2n) is 19.8. The Kier molecular flexibility index (Phi) is 15.2. The van der Waals surface area contributed by atoms with E-state index in [0.717, 1.165) is 49.7 Å². The molecule has 0 radical (unpaired) electrons. The van der Waals surface area contributed by atoms with E-state index in [2.05, 4.69) is 76.8 Å². The molecular formula is C51H68N14O6. The quantitative estimate of drug-likeness (QED) is 0.0939. The summed E-state index contributed by atoms with van der Waals surface area (Å²) < 4.78 is 3.47. The van der Waals surface area contributed by atoms with Gasteiger partial charge in [-0.25, -0.2) is 9.36 Å². The van der Waals surface area contributed by atoms with Gasteiger partial charge in [0.2, 0.25) is 35.4 Å². The summed E-state index contributed by atoms with van der Waals surface area (Å²) in [4.78, 5) is 88.5. The number of hydrogen-bond donors (Lipinski definition) is 6. The van der Waals surface area contributed by atoms with E-state index >= 15 is 0 Å². The van der Waals surface area contributed by atoms with Gasteiger partial charge >= 0.3 is 0 Å². The summed E-state index contributed by atoms with van der Waals surface area (Å²) in [7, 11) is 3.32. The van der Waals surface area contributed by atoms with Crippen LogP contribution in [-0.4, -0.2) is 139 Å². The smallest absolute Gasteiger partial charge is 0.246 e. The lowest BCUT2D eigenvalue weighted by Crippen LogP contribution is -2.56. The lowest BCUT2D eigenvalue weighted by atomic mass is 9.87. The Balaban J connectivity index is 0.984. The monoisotopic (exact) mass is 973 g/mol. The molecule has 2 aromatic heterocycles. The molecule has 20 nitrogen and oxygen atoms in total. The number of hydrogen-bond acceptors (Lipinski definition) is 12. The van der Waals surface area contributed by atoms with Gasteiger partial charge in [-0.3, -0.25) is 28.8 Å². The lowest BCUT2D eigenvalue weighted by Gasteiger charge is -2.32. The van der Waals surface area contributed by atoms with Crippen LogP contribution < -0.4 is 31.9 Å². The third kappa shape index (κ3) is 10.4. The van der Waals surface area contributed by atoms with Crippen LogP contribution in [0.4, 0.5) is 0 Å². The van der Waals surface area contributed by atoms with Crippen LogP contribution in [0.1, 0.15) is 117 Å². The molecule has 9 rings (SSSR count). The molecule has 6 N–H and O–H groups in total. The molecule has 2 aromatic carbocycles. The Morgan fingerprint density at radius 2 is 0.986 bits per heavy atom. The molecule has 0 unspecified atom stereocenters. The summed E-state index contributed by atoms with van der Waals surface area (Å²) in [6.45, 7) is 5.00. The number of aryl methyl sites for hydroxylation is 4. The van der Waals surface area contributed by atoms with Crippen LogP contribution in [0.2, 0.25) is 0 Å². The van der Waals surface area contributed by atoms with Crippen molar-refractivity contribution in [1.82, 2.24) is 71.7 Å². The van der Waals surface area contributed by atoms with Crippen molar-refractivity contribution in [2.75, 3.05) is 27.2 Å². The fraction of sp³-hybridized carbons (Fsp3) is 0.569. The van der Waals surface area contributed by atoms with Gasteiger partial charge in [-0.05, 0) is 121 Å². The minimum absolute atomic E-state index is 0.0728. The Morgan fingerprint density at radius 3 is 1.41 bits per heavy atom. The number of nitrogens with zero attached hydrogens (tertiary/aromatic N) is 8. The van der Waals surface area contributed by atoms with Crippen LogP contribution in [0.5, 0.6) is 0 Å². The average Bonchev–Trinajstić information content (AvgIpc) is 4.22. The molecule has 2 aliphatic carbocycles. The summed E-state index contributed by atoms with van der Waals surface area (Å²) in [5.41, 5.74) is 6.47. The van der Waals surface area contributed by atoms with E-state index in [1.807, 2.05) is 24.3 Å². The molecule has 8 atom stereocenters. The minimum Gasteiger partial charge on any atom is -0.347 e. The molecule has 0 saturated carbocycles. The van der Waals surface area contributed by atoms with Crippen molar-refractivity contribution in [1.29, 1.82) is 0 Å². The van der Waals surface area contributed by atoms with Crippen molar-refractivity contribution < 1.29 is 28.8 Å². The van der Waals surface area contributed by atoms with Crippen LogP contribution in [0.15, 0.2) is 48.5 Å². The number of aromatic nitrogens is 6. The van der Waals surface area contributed by atoms with E-state index in [1.165, 1.54) is 11.1 Å². The predicted molar refractivity (Wildman–Crippen MR) is 262 cm³/mol. The van der Waals surface area contributed by atoms with Crippen LogP contribution >= 0.6 is 0 Å². The number of benzene rings is 2. The van der Waals surface area contributed by atoms with Crippen molar-refractivity contribution >= 4 is 35.4 Å². The van der Waals surface area contributed by atoms with Gasteiger partial charge in [-0.1, -0.05) is 59.0 Å². The maximum atomic E-state index is 14.9. The van der Waals surface area contributed by atoms with Crippen molar-refractivity contribution in [3.63, 3.8) is 0 Å². The Labute approximate surface area is 414 Å². The van der Waals surface area contributed by atoms with Crippen molar-refractivity contribution in [2.45, 2.75) is 159 Å². The number of carbonyl (C=O) groups is 6. The standard InChI is InChI=1S/C51H68N14O6/c1-30(52-3)46(66)56-40(50(70)62-24-11-22-42(62)48(68)54-36-20-9-16-32-14-5-7-18-34(32)36)28-38-44-45-39(59-61-65(45)27-13-26-64(44)60-58-38)29-41(57-47(67)31(2)53-4)51(71)63-25-12-23-43(63)49(69)55-37-21-10-17-33-15-6-8-19-35(33)37/h5-8,14-15,18-19,30-31,36-37,40-43,52-53H,9-13,16-17,20-29H2,1-4H3,(H,54,68)(H,55,69)(H,56,66)(H,57,67)/t30-,31-,36+,37+,40-,41-,42-,43-/m0/s1. The first-order chi connectivity index (χ1) is 34.4. The Hall–Kier alpha value is -6.54. The first-order valence-corrected chi connectivity index (χ1v) is 25.6. The number of rotatable bonds is 16. The van der Waals surface area contributed by atoms with E-state index in [4.69, 9.17) is 0 Å². The second-order valence-corrected chi connectivity index (χ2v) is 19.8. The summed E-state index contributed by atoms with van der Waals surface area (Å²) in [5, 5.41) is 36.7. The topological polar surface area (TPSA) is 242 Å². The van der Waals surface area contributed by atoms with Gasteiger partial charge in [0.05, 0.1) is 35.6 Å². The highest BCUT2D eigenvalue weighted by atomic mass is 16.2. The van der Waals surface area contributed by atoms with E-state index < -0.39 is 59.9 Å². The number of nitrogens with one attached hydrogen (secondary N) is 6. The van der Waals surface area contributed by atoms with Crippen molar-refractivity contribution in [2.24, 2.45) is 0 Å². The molecule has 2 fully saturated rings. The van der Waals surface area contributed by atoms with E-state index in [1.54, 1.807) is 47.1 Å². The van der Waals surface area contributed by atoms with Crippen molar-refractivity contribution in [3.05, 3.63) is 82.2 Å². The highest BCUT2D eigenvalue weighted by Crippen LogP contribution is 2.34. The largest absolute Gasteiger partial charge is 0.347 e. The number of amides is 6. The summed E-state index contributed by atoms with van der Waals surface area (Å²) >= 11 is 0. The third-order valence-electron chi connectivity index (χ3n) is 15.3. The van der Waals surface area contributed by atoms with Gasteiger partial charge in [-0.15, -0.1) is 10.2 Å². The van der Waals surface area contributed by atoms with Gasteiger partial charge in [-0.2, -0.15) is 0 Å². The Morgan fingerprint density at radius 1 is 0.563 bits per heavy atom. The maximum absolute atomic E-state index is 14.9. The normalized spacial score (nSPS) is 22.1. The van der Waals surface area contributed by atoms with Gasteiger partial charge in [0.15, 0.2) is 0 Å². The van der Waals surface area contributed by atoms with Crippen LogP contribution in [0.3, 0.4) is 0 Å². The predicted octanol–water partition coefficient (Wildman–Crippen LogP) is 1.58. The number of likely N-dealkylation sites (N-methyl/N-ethyl adjacent to an activating group) is 2. The average molecular weight is 973 g/mol. The van der Waals surface area contributed by atoms with E-state index in [0.29, 0.717) is 81.1 Å². The SMILES string of the molecule is CN[C@@H](C)C(=O)N[C@@H](Cc1nnn2c1-c1c(C[C@H](NC(=O)[C@H](C)NC)C(=O)N3CCC[C@H]3C(=O)N[C@@H]3CCCc4ccccc43)nnn1CCC2)C(=O)N1CCC[C@H]1C(=O)N[C@@H]1CCCc2ccccc21. The molecule has 3 aliphatic heterocycles. The molecule has 71 heavy (non-hydrogen) atoms. The third-order valence-corrected chi connectivity index (χ3v) is 15.3. The molecule has 0 bridgehead atoms. The molecule has 20 heteroatoms. The first-order valence-electron chi connectivity index (χ1n) is 25.6. The van der Waals surface area contributed by atoms with E-state index in [-0.39, 0.29) is 36.7 Å².